The molecule has 0 radical (unpaired) electrons. The number of rotatable bonds is 4. The third-order valence-electron chi connectivity index (χ3n) is 2.75. The van der Waals surface area contributed by atoms with Gasteiger partial charge in [0.15, 0.2) is 0 Å². The van der Waals surface area contributed by atoms with Gasteiger partial charge in [0.25, 0.3) is 0 Å². The summed E-state index contributed by atoms with van der Waals surface area (Å²) < 4.78 is 5.50. The first-order chi connectivity index (χ1) is 6.84. The van der Waals surface area contributed by atoms with Crippen molar-refractivity contribution in [1.82, 2.24) is 4.98 Å². The standard InChI is InChI=1S/C11H16N2O/c12-10-5-2-6-11(13-10)14-8-7-9-3-1-4-9/h2,5-6,9H,1,3-4,7-8H2,(H2,12,13). The summed E-state index contributed by atoms with van der Waals surface area (Å²) in [6.45, 7) is 0.765. The highest BCUT2D eigenvalue weighted by atomic mass is 16.5. The molecule has 76 valence electrons. The lowest BCUT2D eigenvalue weighted by molar-refractivity contribution is 0.217. The quantitative estimate of drug-likeness (QED) is 0.795. The zero-order valence-corrected chi connectivity index (χ0v) is 8.28. The van der Waals surface area contributed by atoms with Gasteiger partial charge in [-0.1, -0.05) is 25.3 Å². The van der Waals surface area contributed by atoms with Crippen molar-refractivity contribution in [2.45, 2.75) is 25.7 Å². The smallest absolute Gasteiger partial charge is 0.215 e. The van der Waals surface area contributed by atoms with Crippen molar-refractivity contribution in [1.29, 1.82) is 0 Å². The molecule has 0 saturated heterocycles. The van der Waals surface area contributed by atoms with E-state index in [1.54, 1.807) is 6.07 Å². The Kier molecular flexibility index (Phi) is 2.87. The van der Waals surface area contributed by atoms with Crippen molar-refractivity contribution in [2.24, 2.45) is 5.92 Å². The molecule has 1 aromatic heterocycles. The number of nitrogens with zero attached hydrogens (tertiary/aromatic N) is 1. The molecular formula is C11H16N2O. The van der Waals surface area contributed by atoms with Gasteiger partial charge in [-0.15, -0.1) is 0 Å². The molecule has 1 heterocycles. The van der Waals surface area contributed by atoms with Crippen LogP contribution in [0.5, 0.6) is 5.88 Å². The second kappa shape index (κ2) is 4.31. The summed E-state index contributed by atoms with van der Waals surface area (Å²) in [5, 5.41) is 0. The molecule has 3 nitrogen and oxygen atoms in total. The van der Waals surface area contributed by atoms with Gasteiger partial charge in [0.1, 0.15) is 5.82 Å². The third kappa shape index (κ3) is 2.37. The largest absolute Gasteiger partial charge is 0.478 e. The van der Waals surface area contributed by atoms with Crippen LogP contribution in [0.4, 0.5) is 5.82 Å². The van der Waals surface area contributed by atoms with Crippen LogP contribution in [0, 0.1) is 5.92 Å². The minimum atomic E-state index is 0.520. The summed E-state index contributed by atoms with van der Waals surface area (Å²) in [5.41, 5.74) is 5.54. The van der Waals surface area contributed by atoms with Crippen molar-refractivity contribution in [3.05, 3.63) is 18.2 Å². The summed E-state index contributed by atoms with van der Waals surface area (Å²) in [6.07, 6.45) is 5.28. The van der Waals surface area contributed by atoms with E-state index in [1.807, 2.05) is 12.1 Å². The highest BCUT2D eigenvalue weighted by molar-refractivity contribution is 5.30. The zero-order chi connectivity index (χ0) is 9.80. The van der Waals surface area contributed by atoms with Crippen LogP contribution in [0.1, 0.15) is 25.7 Å². The number of ether oxygens (including phenoxy) is 1. The molecule has 0 aromatic carbocycles. The van der Waals surface area contributed by atoms with Crippen molar-refractivity contribution >= 4 is 5.82 Å². The minimum Gasteiger partial charge on any atom is -0.478 e. The third-order valence-corrected chi connectivity index (χ3v) is 2.75. The molecule has 0 unspecified atom stereocenters. The summed E-state index contributed by atoms with van der Waals surface area (Å²) in [6, 6.07) is 5.47. The molecule has 0 amide bonds. The Morgan fingerprint density at radius 3 is 2.93 bits per heavy atom. The average Bonchev–Trinajstić information content (AvgIpc) is 2.09. The molecule has 1 fully saturated rings. The summed E-state index contributed by atoms with van der Waals surface area (Å²) in [7, 11) is 0. The number of hydrogen-bond acceptors (Lipinski definition) is 3. The fraction of sp³-hybridized carbons (Fsp3) is 0.545. The topological polar surface area (TPSA) is 48.1 Å². The predicted octanol–water partition coefficient (Wildman–Crippen LogP) is 2.23. The number of hydrogen-bond donors (Lipinski definition) is 1. The van der Waals surface area contributed by atoms with E-state index in [4.69, 9.17) is 10.5 Å². The Morgan fingerprint density at radius 1 is 1.43 bits per heavy atom. The van der Waals surface area contributed by atoms with Crippen molar-refractivity contribution in [2.75, 3.05) is 12.3 Å². The first kappa shape index (κ1) is 9.31. The maximum atomic E-state index is 5.54. The fourth-order valence-corrected chi connectivity index (χ4v) is 1.62. The molecule has 0 aliphatic heterocycles. The average molecular weight is 192 g/mol. The van der Waals surface area contributed by atoms with Gasteiger partial charge in [0.2, 0.25) is 5.88 Å². The van der Waals surface area contributed by atoms with Gasteiger partial charge in [0, 0.05) is 6.07 Å². The van der Waals surface area contributed by atoms with Crippen LogP contribution in [0.2, 0.25) is 0 Å². The monoisotopic (exact) mass is 192 g/mol. The number of aromatic nitrogens is 1. The summed E-state index contributed by atoms with van der Waals surface area (Å²) >= 11 is 0. The van der Waals surface area contributed by atoms with Gasteiger partial charge < -0.3 is 10.5 Å². The van der Waals surface area contributed by atoms with Crippen LogP contribution in [0.25, 0.3) is 0 Å². The van der Waals surface area contributed by atoms with Gasteiger partial charge >= 0.3 is 0 Å². The normalized spacial score (nSPS) is 16.3. The molecule has 0 bridgehead atoms. The first-order valence-electron chi connectivity index (χ1n) is 5.20. The maximum absolute atomic E-state index is 5.54. The molecule has 1 saturated carbocycles. The van der Waals surface area contributed by atoms with Crippen LogP contribution in [-0.2, 0) is 0 Å². The minimum absolute atomic E-state index is 0.520. The summed E-state index contributed by atoms with van der Waals surface area (Å²) in [4.78, 5) is 4.07. The Labute approximate surface area is 84.3 Å². The molecule has 2 N–H and O–H groups in total. The number of nitrogens with two attached hydrogens (primary N) is 1. The van der Waals surface area contributed by atoms with E-state index in [0.717, 1.165) is 18.9 Å². The number of pyridine rings is 1. The lowest BCUT2D eigenvalue weighted by Crippen LogP contribution is -2.14. The fourth-order valence-electron chi connectivity index (χ4n) is 1.62. The van der Waals surface area contributed by atoms with E-state index < -0.39 is 0 Å². The summed E-state index contributed by atoms with van der Waals surface area (Å²) in [5.74, 6) is 2.05. The highest BCUT2D eigenvalue weighted by Crippen LogP contribution is 2.29. The molecular weight excluding hydrogens is 176 g/mol. The SMILES string of the molecule is Nc1cccc(OCCC2CCC2)n1. The molecule has 0 spiro atoms. The molecule has 1 aliphatic carbocycles. The van der Waals surface area contributed by atoms with Crippen LogP contribution in [-0.4, -0.2) is 11.6 Å². The van der Waals surface area contributed by atoms with Crippen molar-refractivity contribution in [3.63, 3.8) is 0 Å². The van der Waals surface area contributed by atoms with E-state index in [1.165, 1.54) is 19.3 Å². The molecule has 14 heavy (non-hydrogen) atoms. The van der Waals surface area contributed by atoms with Crippen molar-refractivity contribution in [3.8, 4) is 5.88 Å². The predicted molar refractivity (Wildman–Crippen MR) is 56.1 cm³/mol. The van der Waals surface area contributed by atoms with Gasteiger partial charge in [0.05, 0.1) is 6.61 Å². The lowest BCUT2D eigenvalue weighted by atomic mass is 9.83. The van der Waals surface area contributed by atoms with Crippen molar-refractivity contribution < 1.29 is 4.74 Å². The van der Waals surface area contributed by atoms with Gasteiger partial charge in [-0.2, -0.15) is 4.98 Å². The highest BCUT2D eigenvalue weighted by Gasteiger charge is 2.16. The lowest BCUT2D eigenvalue weighted by Gasteiger charge is -2.24. The van der Waals surface area contributed by atoms with Crippen LogP contribution in [0.15, 0.2) is 18.2 Å². The molecule has 1 aromatic rings. The van der Waals surface area contributed by atoms with Gasteiger partial charge in [-0.3, -0.25) is 0 Å². The molecule has 3 heteroatoms. The second-order valence-electron chi connectivity index (χ2n) is 3.83. The number of anilines is 1. The Hall–Kier alpha value is -1.25. The van der Waals surface area contributed by atoms with E-state index in [0.29, 0.717) is 11.7 Å². The van der Waals surface area contributed by atoms with E-state index in [-0.39, 0.29) is 0 Å². The van der Waals surface area contributed by atoms with Gasteiger partial charge in [-0.25, -0.2) is 0 Å². The first-order valence-corrected chi connectivity index (χ1v) is 5.20. The Morgan fingerprint density at radius 2 is 2.29 bits per heavy atom. The number of nitrogen functional groups attached to an aromatic ring is 1. The van der Waals surface area contributed by atoms with Crippen LogP contribution in [0.3, 0.4) is 0 Å². The maximum Gasteiger partial charge on any atom is 0.215 e. The van der Waals surface area contributed by atoms with E-state index in [9.17, 15) is 0 Å². The van der Waals surface area contributed by atoms with E-state index >= 15 is 0 Å². The molecule has 2 rings (SSSR count). The molecule has 1 aliphatic rings. The Bertz CT molecular complexity index is 297. The van der Waals surface area contributed by atoms with Gasteiger partial charge in [-0.05, 0) is 18.4 Å². The zero-order valence-electron chi connectivity index (χ0n) is 8.28. The Balaban J connectivity index is 1.74. The van der Waals surface area contributed by atoms with Crippen LogP contribution >= 0.6 is 0 Å². The van der Waals surface area contributed by atoms with E-state index in [2.05, 4.69) is 4.98 Å². The van der Waals surface area contributed by atoms with Crippen LogP contribution < -0.4 is 10.5 Å². The second-order valence-corrected chi connectivity index (χ2v) is 3.83. The molecule has 0 atom stereocenters.